The monoisotopic (exact) mass is 375 g/mol. The summed E-state index contributed by atoms with van der Waals surface area (Å²) in [5.41, 5.74) is 2.73. The molecule has 1 N–H and O–H groups in total. The molecular weight excluding hydrogens is 358 g/mol. The highest BCUT2D eigenvalue weighted by Crippen LogP contribution is 2.49. The molecule has 2 aromatic carbocycles. The summed E-state index contributed by atoms with van der Waals surface area (Å²) >= 11 is 1.65. The fraction of sp³-hybridized carbons (Fsp3) is 0.190. The van der Waals surface area contributed by atoms with Crippen LogP contribution >= 0.6 is 11.3 Å². The van der Waals surface area contributed by atoms with Gasteiger partial charge in [0.15, 0.2) is 5.76 Å². The standard InChI is InChI=1S/C21H17N3O2S/c1-13-22-16-11-15(7-8-18(16)27-13)23-20(25)21(9-10-21)19-12-17(26-24-19)14-5-3-2-4-6-14/h2-8,11-12H,9-10H2,1H3,(H,23,25). The smallest absolute Gasteiger partial charge is 0.236 e. The average molecular weight is 375 g/mol. The number of anilines is 1. The molecule has 6 heteroatoms. The average Bonchev–Trinajstić information content (AvgIpc) is 3.18. The van der Waals surface area contributed by atoms with Gasteiger partial charge in [0.25, 0.3) is 0 Å². The van der Waals surface area contributed by atoms with E-state index in [2.05, 4.69) is 15.5 Å². The third kappa shape index (κ3) is 2.82. The van der Waals surface area contributed by atoms with Crippen molar-refractivity contribution in [2.45, 2.75) is 25.2 Å². The number of aromatic nitrogens is 2. The Hall–Kier alpha value is -2.99. The zero-order valence-electron chi connectivity index (χ0n) is 14.7. The molecule has 27 heavy (non-hydrogen) atoms. The first-order chi connectivity index (χ1) is 13.1. The van der Waals surface area contributed by atoms with Crippen LogP contribution < -0.4 is 5.32 Å². The molecule has 0 atom stereocenters. The van der Waals surface area contributed by atoms with Crippen LogP contribution in [0.3, 0.4) is 0 Å². The molecule has 2 heterocycles. The van der Waals surface area contributed by atoms with Crippen molar-refractivity contribution < 1.29 is 9.32 Å². The molecule has 0 spiro atoms. The number of nitrogens with one attached hydrogen (secondary N) is 1. The van der Waals surface area contributed by atoms with Gasteiger partial charge in [-0.15, -0.1) is 11.3 Å². The van der Waals surface area contributed by atoms with E-state index in [1.807, 2.05) is 61.5 Å². The number of rotatable bonds is 4. The Morgan fingerprint density at radius 2 is 1.96 bits per heavy atom. The van der Waals surface area contributed by atoms with Crippen molar-refractivity contribution in [3.05, 3.63) is 65.3 Å². The van der Waals surface area contributed by atoms with E-state index in [1.54, 1.807) is 11.3 Å². The molecule has 4 aromatic rings. The van der Waals surface area contributed by atoms with E-state index in [0.29, 0.717) is 11.5 Å². The van der Waals surface area contributed by atoms with Crippen molar-refractivity contribution in [1.29, 1.82) is 0 Å². The van der Waals surface area contributed by atoms with Crippen molar-refractivity contribution in [2.75, 3.05) is 5.32 Å². The lowest BCUT2D eigenvalue weighted by Crippen LogP contribution is -2.28. The minimum atomic E-state index is -0.594. The van der Waals surface area contributed by atoms with Crippen LogP contribution in [0.2, 0.25) is 0 Å². The summed E-state index contributed by atoms with van der Waals surface area (Å²) in [5, 5.41) is 8.25. The second-order valence-corrected chi connectivity index (χ2v) is 8.13. The lowest BCUT2D eigenvalue weighted by molar-refractivity contribution is -0.118. The molecule has 1 saturated carbocycles. The minimum absolute atomic E-state index is 0.0401. The van der Waals surface area contributed by atoms with Gasteiger partial charge in [0.2, 0.25) is 5.91 Å². The number of carbonyl (C=O) groups is 1. The maximum Gasteiger partial charge on any atom is 0.236 e. The highest BCUT2D eigenvalue weighted by molar-refractivity contribution is 7.18. The van der Waals surface area contributed by atoms with Gasteiger partial charge in [0.05, 0.1) is 26.3 Å². The van der Waals surface area contributed by atoms with Crippen molar-refractivity contribution in [3.8, 4) is 11.3 Å². The summed E-state index contributed by atoms with van der Waals surface area (Å²) in [6, 6.07) is 17.5. The molecule has 0 aliphatic heterocycles. The van der Waals surface area contributed by atoms with Crippen LogP contribution in [0.5, 0.6) is 0 Å². The SMILES string of the molecule is Cc1nc2cc(NC(=O)C3(c4cc(-c5ccccc5)on4)CC3)ccc2s1. The van der Waals surface area contributed by atoms with Crippen LogP contribution in [-0.2, 0) is 10.2 Å². The number of hydrogen-bond acceptors (Lipinski definition) is 5. The zero-order valence-corrected chi connectivity index (χ0v) is 15.5. The van der Waals surface area contributed by atoms with E-state index in [1.165, 1.54) is 0 Å². The van der Waals surface area contributed by atoms with Gasteiger partial charge in [-0.2, -0.15) is 0 Å². The molecule has 1 aliphatic carbocycles. The predicted octanol–water partition coefficient (Wildman–Crippen LogP) is 4.93. The van der Waals surface area contributed by atoms with E-state index in [0.717, 1.165) is 39.3 Å². The number of fused-ring (bicyclic) bond motifs is 1. The molecule has 134 valence electrons. The first-order valence-electron chi connectivity index (χ1n) is 8.85. The number of benzene rings is 2. The normalized spacial score (nSPS) is 15.0. The summed E-state index contributed by atoms with van der Waals surface area (Å²) < 4.78 is 6.62. The molecule has 5 nitrogen and oxygen atoms in total. The number of aryl methyl sites for hydroxylation is 1. The predicted molar refractivity (Wildman–Crippen MR) is 106 cm³/mol. The largest absolute Gasteiger partial charge is 0.356 e. The minimum Gasteiger partial charge on any atom is -0.356 e. The number of hydrogen-bond donors (Lipinski definition) is 1. The van der Waals surface area contributed by atoms with Crippen molar-refractivity contribution >= 4 is 33.1 Å². The van der Waals surface area contributed by atoms with Gasteiger partial charge < -0.3 is 9.84 Å². The summed E-state index contributed by atoms with van der Waals surface area (Å²) in [5.74, 6) is 0.644. The Morgan fingerprint density at radius 3 is 2.74 bits per heavy atom. The van der Waals surface area contributed by atoms with Crippen LogP contribution in [0.4, 0.5) is 5.69 Å². The molecule has 1 amide bonds. The molecule has 5 rings (SSSR count). The Kier molecular flexibility index (Phi) is 3.62. The Morgan fingerprint density at radius 1 is 1.15 bits per heavy atom. The van der Waals surface area contributed by atoms with E-state index in [9.17, 15) is 4.79 Å². The van der Waals surface area contributed by atoms with Gasteiger partial charge in [0, 0.05) is 17.3 Å². The highest BCUT2D eigenvalue weighted by Gasteiger charge is 2.53. The second-order valence-electron chi connectivity index (χ2n) is 6.89. The van der Waals surface area contributed by atoms with Gasteiger partial charge in [-0.1, -0.05) is 35.5 Å². The second kappa shape index (κ2) is 6.03. The first-order valence-corrected chi connectivity index (χ1v) is 9.67. The van der Waals surface area contributed by atoms with E-state index in [-0.39, 0.29) is 5.91 Å². The molecule has 0 radical (unpaired) electrons. The molecule has 0 saturated heterocycles. The number of nitrogens with zero attached hydrogens (tertiary/aromatic N) is 2. The molecule has 1 aliphatic rings. The summed E-state index contributed by atoms with van der Waals surface area (Å²) in [7, 11) is 0. The Balaban J connectivity index is 1.40. The van der Waals surface area contributed by atoms with E-state index < -0.39 is 5.41 Å². The van der Waals surface area contributed by atoms with E-state index >= 15 is 0 Å². The molecule has 1 fully saturated rings. The van der Waals surface area contributed by atoms with Crippen molar-refractivity contribution in [3.63, 3.8) is 0 Å². The first kappa shape index (κ1) is 16.2. The number of amides is 1. The molecule has 0 unspecified atom stereocenters. The van der Waals surface area contributed by atoms with Gasteiger partial charge in [-0.05, 0) is 38.0 Å². The molecular formula is C21H17N3O2S. The Labute approximate surface area is 160 Å². The van der Waals surface area contributed by atoms with Gasteiger partial charge in [0.1, 0.15) is 0 Å². The topological polar surface area (TPSA) is 68.0 Å². The lowest BCUT2D eigenvalue weighted by Gasteiger charge is -2.12. The zero-order chi connectivity index (χ0) is 18.4. The number of thiazole rings is 1. The summed E-state index contributed by atoms with van der Waals surface area (Å²) in [6.45, 7) is 1.98. The quantitative estimate of drug-likeness (QED) is 0.549. The van der Waals surface area contributed by atoms with E-state index in [4.69, 9.17) is 4.52 Å². The maximum atomic E-state index is 13.0. The van der Waals surface area contributed by atoms with Crippen LogP contribution in [0, 0.1) is 6.92 Å². The Bertz CT molecular complexity index is 1140. The number of carbonyl (C=O) groups excluding carboxylic acids is 1. The fourth-order valence-corrected chi connectivity index (χ4v) is 4.14. The van der Waals surface area contributed by atoms with Gasteiger partial charge in [-0.25, -0.2) is 4.98 Å². The van der Waals surface area contributed by atoms with Crippen molar-refractivity contribution in [1.82, 2.24) is 10.1 Å². The highest BCUT2D eigenvalue weighted by atomic mass is 32.1. The molecule has 0 bridgehead atoms. The van der Waals surface area contributed by atoms with Crippen LogP contribution in [0.25, 0.3) is 21.5 Å². The third-order valence-corrected chi connectivity index (χ3v) is 5.95. The summed E-state index contributed by atoms with van der Waals surface area (Å²) in [6.07, 6.45) is 1.55. The van der Waals surface area contributed by atoms with Gasteiger partial charge in [-0.3, -0.25) is 4.79 Å². The maximum absolute atomic E-state index is 13.0. The third-order valence-electron chi connectivity index (χ3n) is 5.00. The van der Waals surface area contributed by atoms with Gasteiger partial charge >= 0.3 is 0 Å². The van der Waals surface area contributed by atoms with Crippen LogP contribution in [0.15, 0.2) is 59.1 Å². The van der Waals surface area contributed by atoms with Crippen molar-refractivity contribution in [2.24, 2.45) is 0 Å². The summed E-state index contributed by atoms with van der Waals surface area (Å²) in [4.78, 5) is 17.5. The van der Waals surface area contributed by atoms with Crippen LogP contribution in [0.1, 0.15) is 23.5 Å². The fourth-order valence-electron chi connectivity index (χ4n) is 3.33. The molecule has 2 aromatic heterocycles. The lowest BCUT2D eigenvalue weighted by atomic mass is 10.00. The van der Waals surface area contributed by atoms with Crippen LogP contribution in [-0.4, -0.2) is 16.0 Å².